The molecule has 3 heterocycles. The quantitative estimate of drug-likeness (QED) is 0.371. The van der Waals surface area contributed by atoms with E-state index in [9.17, 15) is 19.2 Å². The summed E-state index contributed by atoms with van der Waals surface area (Å²) in [4.78, 5) is 62.3. The number of nitrogens with one attached hydrogen (secondary N) is 1. The largest absolute Gasteiger partial charge is 0.476 e. The molecule has 4 aliphatic rings. The summed E-state index contributed by atoms with van der Waals surface area (Å²) in [5.41, 5.74) is -0.445. The van der Waals surface area contributed by atoms with Crippen LogP contribution in [0.15, 0.2) is 18.2 Å². The lowest BCUT2D eigenvalue weighted by atomic mass is 9.87. The second kappa shape index (κ2) is 14.6. The minimum Gasteiger partial charge on any atom is -0.476 e. The number of fused-ring (bicyclic) bond motifs is 1. The van der Waals surface area contributed by atoms with E-state index in [4.69, 9.17) is 14.2 Å². The summed E-state index contributed by atoms with van der Waals surface area (Å²) in [7, 11) is 3.75. The molecule has 2 atom stereocenters. The van der Waals surface area contributed by atoms with E-state index < -0.39 is 29.1 Å². The zero-order chi connectivity index (χ0) is 34.8. The summed E-state index contributed by atoms with van der Waals surface area (Å²) in [6.07, 6.45) is 4.23. The lowest BCUT2D eigenvalue weighted by molar-refractivity contribution is -0.133. The van der Waals surface area contributed by atoms with Crippen LogP contribution in [0.3, 0.4) is 0 Å². The van der Waals surface area contributed by atoms with Gasteiger partial charge in [0.2, 0.25) is 11.8 Å². The summed E-state index contributed by atoms with van der Waals surface area (Å²) in [5, 5.41) is 3.15. The fourth-order valence-corrected chi connectivity index (χ4v) is 6.94. The van der Waals surface area contributed by atoms with Gasteiger partial charge in [-0.25, -0.2) is 4.79 Å². The van der Waals surface area contributed by atoms with Crippen molar-refractivity contribution < 1.29 is 33.4 Å². The highest BCUT2D eigenvalue weighted by molar-refractivity contribution is 6.04. The molecule has 0 aromatic heterocycles. The van der Waals surface area contributed by atoms with Gasteiger partial charge in [-0.15, -0.1) is 0 Å². The molecule has 0 bridgehead atoms. The van der Waals surface area contributed by atoms with Crippen molar-refractivity contribution in [2.75, 3.05) is 69.8 Å². The van der Waals surface area contributed by atoms with Crippen LogP contribution in [0, 0.1) is 17.8 Å². The van der Waals surface area contributed by atoms with Gasteiger partial charge >= 0.3 is 6.09 Å². The monoisotopic (exact) mass is 669 g/mol. The van der Waals surface area contributed by atoms with Gasteiger partial charge in [0, 0.05) is 51.6 Å². The molecule has 4 amide bonds. The van der Waals surface area contributed by atoms with Crippen molar-refractivity contribution in [3.8, 4) is 5.75 Å². The standard InChI is InChI=1S/C36H55N5O7/c1-35(2,3)48-34(45)39-22-25(31(42)37-21-24-13-16-38(6)17-14-24)19-26(23-39)32(43)41(27-9-10-27)28-11-12-30-29(20-28)40(15-8-18-46-7)33(44)36(4,5)47-30/h11-12,20,24-27H,8-10,13-19,21-23H2,1-7H3,(H,37,42)/t25-,26+/m0/s1. The van der Waals surface area contributed by atoms with Crippen LogP contribution in [0.1, 0.15) is 73.1 Å². The molecule has 3 fully saturated rings. The van der Waals surface area contributed by atoms with Crippen LogP contribution < -0.4 is 19.9 Å². The second-order valence-corrected chi connectivity index (χ2v) is 15.5. The number of ether oxygens (including phenoxy) is 3. The van der Waals surface area contributed by atoms with Crippen LogP contribution in [-0.4, -0.2) is 111 Å². The van der Waals surface area contributed by atoms with Gasteiger partial charge in [0.15, 0.2) is 5.60 Å². The molecule has 48 heavy (non-hydrogen) atoms. The molecule has 3 aliphatic heterocycles. The first kappa shape index (κ1) is 35.9. The first-order chi connectivity index (χ1) is 22.7. The first-order valence-electron chi connectivity index (χ1n) is 17.6. The Bertz CT molecular complexity index is 1350. The topological polar surface area (TPSA) is 121 Å². The highest BCUT2D eigenvalue weighted by Gasteiger charge is 2.45. The molecule has 1 saturated carbocycles. The van der Waals surface area contributed by atoms with Crippen LogP contribution in [0.2, 0.25) is 0 Å². The molecule has 1 aromatic rings. The Morgan fingerprint density at radius 2 is 1.75 bits per heavy atom. The third-order valence-electron chi connectivity index (χ3n) is 9.74. The fourth-order valence-electron chi connectivity index (χ4n) is 6.94. The zero-order valence-corrected chi connectivity index (χ0v) is 29.9. The number of carbonyl (C=O) groups is 4. The van der Waals surface area contributed by atoms with E-state index in [1.54, 1.807) is 25.9 Å². The summed E-state index contributed by atoms with van der Waals surface area (Å²) in [5.74, 6) is -0.555. The van der Waals surface area contributed by atoms with Crippen LogP contribution >= 0.6 is 0 Å². The summed E-state index contributed by atoms with van der Waals surface area (Å²) < 4.78 is 17.1. The Kier molecular flexibility index (Phi) is 10.9. The van der Waals surface area contributed by atoms with E-state index in [1.165, 1.54) is 4.90 Å². The third-order valence-corrected chi connectivity index (χ3v) is 9.74. The minimum atomic E-state index is -1.02. The molecule has 12 heteroatoms. The van der Waals surface area contributed by atoms with Gasteiger partial charge in [0.1, 0.15) is 11.4 Å². The maximum Gasteiger partial charge on any atom is 0.410 e. The molecule has 266 valence electrons. The van der Waals surface area contributed by atoms with E-state index in [0.717, 1.165) is 38.8 Å². The van der Waals surface area contributed by atoms with Crippen LogP contribution in [0.5, 0.6) is 5.75 Å². The average molecular weight is 670 g/mol. The molecule has 0 spiro atoms. The van der Waals surface area contributed by atoms with Crippen molar-refractivity contribution in [2.45, 2.75) is 90.4 Å². The number of hydrogen-bond acceptors (Lipinski definition) is 8. The van der Waals surface area contributed by atoms with E-state index in [2.05, 4.69) is 17.3 Å². The third kappa shape index (κ3) is 8.61. The Balaban J connectivity index is 1.38. The van der Waals surface area contributed by atoms with Crippen molar-refractivity contribution in [2.24, 2.45) is 17.8 Å². The minimum absolute atomic E-state index is 0.00255. The lowest BCUT2D eigenvalue weighted by Gasteiger charge is -2.40. The maximum atomic E-state index is 14.5. The van der Waals surface area contributed by atoms with E-state index in [0.29, 0.717) is 55.6 Å². The molecule has 2 saturated heterocycles. The van der Waals surface area contributed by atoms with Gasteiger partial charge in [-0.05, 0) is 117 Å². The van der Waals surface area contributed by atoms with E-state index in [1.807, 2.05) is 43.9 Å². The molecule has 1 aliphatic carbocycles. The molecule has 1 N–H and O–H groups in total. The Morgan fingerprint density at radius 1 is 1.06 bits per heavy atom. The maximum absolute atomic E-state index is 14.5. The van der Waals surface area contributed by atoms with Crippen molar-refractivity contribution >= 4 is 35.2 Å². The Hall–Kier alpha value is -3.38. The predicted octanol–water partition coefficient (Wildman–Crippen LogP) is 4.05. The van der Waals surface area contributed by atoms with Gasteiger partial charge < -0.3 is 39.1 Å². The normalized spacial score (nSPS) is 23.3. The number of carbonyl (C=O) groups excluding carboxylic acids is 4. The highest BCUT2D eigenvalue weighted by Crippen LogP contribution is 2.43. The number of methoxy groups -OCH3 is 1. The van der Waals surface area contributed by atoms with Crippen LogP contribution in [-0.2, 0) is 23.9 Å². The fraction of sp³-hybridized carbons (Fsp3) is 0.722. The van der Waals surface area contributed by atoms with Gasteiger partial charge in [-0.2, -0.15) is 0 Å². The van der Waals surface area contributed by atoms with Gasteiger partial charge in [-0.3, -0.25) is 14.4 Å². The second-order valence-electron chi connectivity index (χ2n) is 15.5. The van der Waals surface area contributed by atoms with E-state index in [-0.39, 0.29) is 36.9 Å². The number of benzene rings is 1. The number of piperidine rings is 2. The van der Waals surface area contributed by atoms with Crippen molar-refractivity contribution in [1.29, 1.82) is 0 Å². The van der Waals surface area contributed by atoms with Crippen molar-refractivity contribution in [3.63, 3.8) is 0 Å². The molecular formula is C36H55N5O7. The van der Waals surface area contributed by atoms with E-state index >= 15 is 0 Å². The molecule has 0 unspecified atom stereocenters. The Labute approximate surface area is 285 Å². The molecule has 1 aromatic carbocycles. The number of amides is 4. The smallest absolute Gasteiger partial charge is 0.410 e. The Morgan fingerprint density at radius 3 is 2.40 bits per heavy atom. The van der Waals surface area contributed by atoms with Gasteiger partial charge in [0.25, 0.3) is 5.91 Å². The van der Waals surface area contributed by atoms with Gasteiger partial charge in [-0.1, -0.05) is 0 Å². The molecule has 0 radical (unpaired) electrons. The molecule has 12 nitrogen and oxygen atoms in total. The molecule has 5 rings (SSSR count). The molecular weight excluding hydrogens is 614 g/mol. The summed E-state index contributed by atoms with van der Waals surface area (Å²) in [6.45, 7) is 12.9. The first-order valence-corrected chi connectivity index (χ1v) is 17.6. The SMILES string of the molecule is COCCCN1C(=O)C(C)(C)Oc2ccc(N(C(=O)[C@@H]3C[C@H](C(=O)NCC4CCN(C)CC4)CN(C(=O)OC(C)(C)C)C3)C3CC3)cc21. The van der Waals surface area contributed by atoms with Crippen molar-refractivity contribution in [3.05, 3.63) is 18.2 Å². The number of rotatable bonds is 10. The highest BCUT2D eigenvalue weighted by atomic mass is 16.6. The number of anilines is 2. The lowest BCUT2D eigenvalue weighted by Crippen LogP contribution is -2.54. The number of nitrogens with zero attached hydrogens (tertiary/aromatic N) is 4. The average Bonchev–Trinajstić information content (AvgIpc) is 3.87. The zero-order valence-electron chi connectivity index (χ0n) is 29.9. The summed E-state index contributed by atoms with van der Waals surface area (Å²) in [6, 6.07) is 5.57. The van der Waals surface area contributed by atoms with Crippen LogP contribution in [0.4, 0.5) is 16.2 Å². The van der Waals surface area contributed by atoms with Crippen molar-refractivity contribution in [1.82, 2.24) is 15.1 Å². The predicted molar refractivity (Wildman–Crippen MR) is 183 cm³/mol. The number of hydrogen-bond donors (Lipinski definition) is 1. The number of likely N-dealkylation sites (tertiary alicyclic amines) is 2. The van der Waals surface area contributed by atoms with Crippen LogP contribution in [0.25, 0.3) is 0 Å². The summed E-state index contributed by atoms with van der Waals surface area (Å²) >= 11 is 0. The van der Waals surface area contributed by atoms with Gasteiger partial charge in [0.05, 0.1) is 17.5 Å².